The van der Waals surface area contributed by atoms with Crippen LogP contribution in [0.25, 0.3) is 6.08 Å². The van der Waals surface area contributed by atoms with Gasteiger partial charge in [0, 0.05) is 17.0 Å². The van der Waals surface area contributed by atoms with Crippen molar-refractivity contribution in [2.45, 2.75) is 27.2 Å². The lowest BCUT2D eigenvalue weighted by atomic mass is 9.98. The molecule has 0 aromatic heterocycles. The van der Waals surface area contributed by atoms with E-state index in [1.165, 1.54) is 37.5 Å². The Hall–Kier alpha value is -4.43. The third-order valence-corrected chi connectivity index (χ3v) is 6.45. The summed E-state index contributed by atoms with van der Waals surface area (Å²) in [5, 5.41) is 2.60. The van der Waals surface area contributed by atoms with Gasteiger partial charge in [-0.2, -0.15) is 0 Å². The molecule has 0 radical (unpaired) electrons. The molecule has 4 amide bonds. The van der Waals surface area contributed by atoms with Crippen molar-refractivity contribution in [3.05, 3.63) is 98.6 Å². The lowest BCUT2D eigenvalue weighted by Gasteiger charge is -2.26. The van der Waals surface area contributed by atoms with Gasteiger partial charge in [0.1, 0.15) is 11.3 Å². The summed E-state index contributed by atoms with van der Waals surface area (Å²) in [5.41, 5.74) is 4.75. The molecule has 1 aliphatic rings. The number of carbonyl (C=O) groups excluding carboxylic acids is 4. The van der Waals surface area contributed by atoms with Crippen LogP contribution in [0.3, 0.4) is 0 Å². The number of halogens is 1. The number of nitrogens with one attached hydrogen (secondary N) is 1. The second kappa shape index (κ2) is 11.5. The number of ether oxygens (including phenoxy) is 2. The van der Waals surface area contributed by atoms with Crippen LogP contribution in [-0.2, 0) is 20.7 Å². The molecule has 0 aliphatic carbocycles. The van der Waals surface area contributed by atoms with Crippen molar-refractivity contribution in [2.24, 2.45) is 0 Å². The monoisotopic (exact) mass is 546 g/mol. The minimum Gasteiger partial charge on any atom is -0.496 e. The van der Waals surface area contributed by atoms with Gasteiger partial charge in [0.05, 0.1) is 25.0 Å². The zero-order valence-electron chi connectivity index (χ0n) is 22.0. The Bertz CT molecular complexity index is 1490. The van der Waals surface area contributed by atoms with Crippen molar-refractivity contribution in [1.82, 2.24) is 5.32 Å². The van der Waals surface area contributed by atoms with E-state index < -0.39 is 23.8 Å². The van der Waals surface area contributed by atoms with Crippen molar-refractivity contribution in [3.63, 3.8) is 0 Å². The van der Waals surface area contributed by atoms with Crippen molar-refractivity contribution < 1.29 is 28.7 Å². The highest BCUT2D eigenvalue weighted by atomic mass is 35.5. The Morgan fingerprint density at radius 2 is 1.67 bits per heavy atom. The first kappa shape index (κ1) is 27.6. The number of nitrogens with zero attached hydrogens (tertiary/aromatic N) is 1. The first-order chi connectivity index (χ1) is 18.6. The molecule has 1 fully saturated rings. The number of barbiturate groups is 1. The summed E-state index contributed by atoms with van der Waals surface area (Å²) in [6.45, 7) is 5.96. The molecule has 0 saturated carbocycles. The van der Waals surface area contributed by atoms with E-state index in [1.54, 1.807) is 19.1 Å². The summed E-state index contributed by atoms with van der Waals surface area (Å²) >= 11 is 6.65. The average molecular weight is 547 g/mol. The molecule has 8 nitrogen and oxygen atoms in total. The maximum atomic E-state index is 13.3. The van der Waals surface area contributed by atoms with Gasteiger partial charge in [0.2, 0.25) is 0 Å². The van der Waals surface area contributed by atoms with E-state index in [2.05, 4.69) is 23.5 Å². The van der Waals surface area contributed by atoms with Crippen LogP contribution in [0, 0.1) is 13.8 Å². The summed E-state index contributed by atoms with van der Waals surface area (Å²) in [6, 6.07) is 14.4. The molecule has 3 aromatic carbocycles. The van der Waals surface area contributed by atoms with Crippen molar-refractivity contribution in [1.29, 1.82) is 0 Å². The fraction of sp³-hybridized carbons (Fsp3) is 0.200. The number of anilines is 1. The summed E-state index contributed by atoms with van der Waals surface area (Å²) in [5.74, 6) is -1.68. The highest BCUT2D eigenvalue weighted by molar-refractivity contribution is 6.39. The fourth-order valence-corrected chi connectivity index (χ4v) is 4.75. The Morgan fingerprint density at radius 1 is 1.00 bits per heavy atom. The van der Waals surface area contributed by atoms with Crippen LogP contribution >= 0.6 is 11.6 Å². The van der Waals surface area contributed by atoms with Crippen molar-refractivity contribution in [2.75, 3.05) is 18.6 Å². The molecule has 9 heteroatoms. The minimum atomic E-state index is -0.898. The fourth-order valence-electron chi connectivity index (χ4n) is 4.46. The maximum absolute atomic E-state index is 13.3. The van der Waals surface area contributed by atoms with E-state index in [-0.39, 0.29) is 23.4 Å². The molecular formula is C30H27ClN2O6. The van der Waals surface area contributed by atoms with Crippen LogP contribution in [0.2, 0.25) is 5.02 Å². The number of aryl methyl sites for hydroxylation is 2. The number of carbonyl (C=O) groups is 4. The van der Waals surface area contributed by atoms with E-state index in [4.69, 9.17) is 21.1 Å². The second-order valence-electron chi connectivity index (χ2n) is 9.08. The maximum Gasteiger partial charge on any atom is 0.338 e. The molecule has 1 aliphatic heterocycles. The normalized spacial score (nSPS) is 14.4. The number of hydrogen-bond donors (Lipinski definition) is 1. The summed E-state index contributed by atoms with van der Waals surface area (Å²) in [7, 11) is 1.52. The van der Waals surface area contributed by atoms with Gasteiger partial charge < -0.3 is 9.47 Å². The van der Waals surface area contributed by atoms with Crippen LogP contribution in [0.4, 0.5) is 10.5 Å². The van der Waals surface area contributed by atoms with E-state index in [1.807, 2.05) is 13.8 Å². The van der Waals surface area contributed by atoms with Gasteiger partial charge in [0.25, 0.3) is 11.8 Å². The molecular weight excluding hydrogens is 520 g/mol. The third-order valence-electron chi connectivity index (χ3n) is 6.11. The molecule has 0 spiro atoms. The van der Waals surface area contributed by atoms with Gasteiger partial charge in [-0.3, -0.25) is 14.9 Å². The summed E-state index contributed by atoms with van der Waals surface area (Å²) < 4.78 is 10.6. The van der Waals surface area contributed by atoms with Crippen molar-refractivity contribution in [3.8, 4) is 5.75 Å². The summed E-state index contributed by atoms with van der Waals surface area (Å²) in [6.07, 6.45) is 1.89. The molecule has 1 heterocycles. The highest BCUT2D eigenvalue weighted by Crippen LogP contribution is 2.33. The lowest BCUT2D eigenvalue weighted by Crippen LogP contribution is -2.54. The molecule has 1 saturated heterocycles. The number of urea groups is 1. The van der Waals surface area contributed by atoms with Gasteiger partial charge in [-0.25, -0.2) is 14.5 Å². The topological polar surface area (TPSA) is 102 Å². The zero-order valence-corrected chi connectivity index (χ0v) is 22.7. The molecule has 0 unspecified atom stereocenters. The quantitative estimate of drug-likeness (QED) is 0.242. The number of hydrogen-bond acceptors (Lipinski definition) is 6. The average Bonchev–Trinajstić information content (AvgIpc) is 2.87. The van der Waals surface area contributed by atoms with Crippen LogP contribution in [0.5, 0.6) is 5.75 Å². The van der Waals surface area contributed by atoms with E-state index >= 15 is 0 Å². The second-order valence-corrected chi connectivity index (χ2v) is 9.49. The van der Waals surface area contributed by atoms with Crippen LogP contribution in [0.1, 0.15) is 45.1 Å². The van der Waals surface area contributed by atoms with E-state index in [9.17, 15) is 19.2 Å². The molecule has 3 aromatic rings. The third kappa shape index (κ3) is 6.02. The largest absolute Gasteiger partial charge is 0.496 e. The Kier molecular flexibility index (Phi) is 8.16. The molecule has 39 heavy (non-hydrogen) atoms. The molecule has 1 N–H and O–H groups in total. The van der Waals surface area contributed by atoms with Gasteiger partial charge in [-0.1, -0.05) is 40.9 Å². The molecule has 0 atom stereocenters. The first-order valence-electron chi connectivity index (χ1n) is 12.2. The Labute approximate surface area is 231 Å². The number of rotatable bonds is 7. The number of imide groups is 2. The van der Waals surface area contributed by atoms with Crippen molar-refractivity contribution >= 4 is 47.2 Å². The van der Waals surface area contributed by atoms with Gasteiger partial charge in [-0.15, -0.1) is 0 Å². The zero-order chi connectivity index (χ0) is 28.3. The smallest absolute Gasteiger partial charge is 0.338 e. The van der Waals surface area contributed by atoms with Gasteiger partial charge in [0.15, 0.2) is 0 Å². The first-order valence-corrected chi connectivity index (χ1v) is 12.6. The summed E-state index contributed by atoms with van der Waals surface area (Å²) in [4.78, 5) is 51.3. The van der Waals surface area contributed by atoms with Crippen LogP contribution in [-0.4, -0.2) is 37.5 Å². The van der Waals surface area contributed by atoms with E-state index in [0.717, 1.165) is 27.2 Å². The standard InChI is InChI=1S/C30H27ClN2O6/c1-5-39-29(36)21-6-8-22(9-7-21)33-28(35)24(27(34)32-30(33)37)14-20-15-25(31)23(26(16-20)38-4)13-19-11-17(2)10-18(3)12-19/h6-12,14-16H,5,13H2,1-4H3,(H,32,34,37)/b24-14+. The number of esters is 1. The predicted molar refractivity (Wildman–Crippen MR) is 148 cm³/mol. The number of amides is 4. The Morgan fingerprint density at radius 3 is 2.28 bits per heavy atom. The van der Waals surface area contributed by atoms with Gasteiger partial charge >= 0.3 is 12.0 Å². The highest BCUT2D eigenvalue weighted by Gasteiger charge is 2.37. The molecule has 4 rings (SSSR count). The predicted octanol–water partition coefficient (Wildman–Crippen LogP) is 5.40. The molecule has 200 valence electrons. The number of benzene rings is 3. The molecule has 0 bridgehead atoms. The number of methoxy groups -OCH3 is 1. The van der Waals surface area contributed by atoms with Crippen LogP contribution < -0.4 is 15.0 Å². The van der Waals surface area contributed by atoms with Crippen LogP contribution in [0.15, 0.2) is 60.2 Å². The SMILES string of the molecule is CCOC(=O)c1ccc(N2C(=O)NC(=O)/C(=C\c3cc(Cl)c(Cc4cc(C)cc(C)c4)c(OC)c3)C2=O)cc1. The lowest BCUT2D eigenvalue weighted by molar-refractivity contribution is -0.122. The van der Waals surface area contributed by atoms with E-state index in [0.29, 0.717) is 22.8 Å². The van der Waals surface area contributed by atoms with Gasteiger partial charge in [-0.05, 0) is 74.4 Å². The Balaban J connectivity index is 1.66. The minimum absolute atomic E-state index is 0.184.